The topological polar surface area (TPSA) is 69.7 Å². The van der Waals surface area contributed by atoms with Crippen molar-refractivity contribution in [1.29, 1.82) is 0 Å². The molecule has 0 aromatic heterocycles. The quantitative estimate of drug-likeness (QED) is 0.769. The van der Waals surface area contributed by atoms with E-state index in [-0.39, 0.29) is 36.5 Å². The molecule has 1 N–H and O–H groups in total. The minimum Gasteiger partial charge on any atom is -0.352 e. The van der Waals surface area contributed by atoms with Crippen molar-refractivity contribution in [3.63, 3.8) is 0 Å². The molecule has 1 fully saturated rings. The van der Waals surface area contributed by atoms with Gasteiger partial charge in [0.25, 0.3) is 0 Å². The molecule has 0 unspecified atom stereocenters. The molecule has 0 bridgehead atoms. The maximum Gasteiger partial charge on any atom is 0.243 e. The Balaban J connectivity index is 1.93. The second kappa shape index (κ2) is 8.88. The van der Waals surface area contributed by atoms with Gasteiger partial charge in [0, 0.05) is 32.2 Å². The fraction of sp³-hybridized carbons (Fsp3) is 0.588. The predicted molar refractivity (Wildman–Crippen MR) is 94.1 cm³/mol. The Morgan fingerprint density at radius 1 is 1.12 bits per heavy atom. The third-order valence-corrected chi connectivity index (χ3v) is 6.47. The lowest BCUT2D eigenvalue weighted by molar-refractivity contribution is -0.123. The maximum atomic E-state index is 13.3. The third-order valence-electron chi connectivity index (χ3n) is 4.58. The molecule has 1 heterocycles. The number of halogens is 2. The van der Waals surface area contributed by atoms with Gasteiger partial charge in [-0.2, -0.15) is 4.31 Å². The van der Waals surface area contributed by atoms with Crippen LogP contribution in [-0.2, 0) is 14.8 Å². The fourth-order valence-electron chi connectivity index (χ4n) is 2.88. The van der Waals surface area contributed by atoms with Crippen LogP contribution in [0.2, 0.25) is 0 Å². The number of sulfonamides is 1. The van der Waals surface area contributed by atoms with Gasteiger partial charge in [0.2, 0.25) is 15.9 Å². The van der Waals surface area contributed by atoms with Gasteiger partial charge in [-0.05, 0) is 31.0 Å². The van der Waals surface area contributed by atoms with Crippen LogP contribution in [0.25, 0.3) is 0 Å². The Kier molecular flexibility index (Phi) is 7.08. The summed E-state index contributed by atoms with van der Waals surface area (Å²) >= 11 is 0. The summed E-state index contributed by atoms with van der Waals surface area (Å²) in [6.07, 6.45) is 1.73. The number of carbonyl (C=O) groups excluding carboxylic acids is 1. The first-order valence-corrected chi connectivity index (χ1v) is 10.2. The summed E-state index contributed by atoms with van der Waals surface area (Å²) in [4.78, 5) is 13.7. The highest BCUT2D eigenvalue weighted by Gasteiger charge is 2.29. The second-order valence-corrected chi connectivity index (χ2v) is 8.28. The van der Waals surface area contributed by atoms with E-state index in [1.165, 1.54) is 4.31 Å². The van der Waals surface area contributed by atoms with Crippen LogP contribution in [0.15, 0.2) is 23.1 Å². The lowest BCUT2D eigenvalue weighted by atomic mass is 10.2. The van der Waals surface area contributed by atoms with Crippen LogP contribution >= 0.6 is 0 Å². The molecule has 0 radical (unpaired) electrons. The Hall–Kier alpha value is -1.58. The summed E-state index contributed by atoms with van der Waals surface area (Å²) in [6, 6.07) is 2.71. The number of rotatable bonds is 7. The zero-order chi connectivity index (χ0) is 19.3. The Labute approximate surface area is 153 Å². The number of nitrogens with one attached hydrogen (secondary N) is 1. The SMILES string of the molecule is CCC(CC)NC(=O)CN1CCN(S(=O)(=O)c2ccc(F)c(F)c2)CC1. The van der Waals surface area contributed by atoms with Crippen molar-refractivity contribution in [2.75, 3.05) is 32.7 Å². The van der Waals surface area contributed by atoms with Gasteiger partial charge in [-0.3, -0.25) is 9.69 Å². The summed E-state index contributed by atoms with van der Waals surface area (Å²) in [5, 5.41) is 2.95. The summed E-state index contributed by atoms with van der Waals surface area (Å²) in [7, 11) is -3.88. The molecule has 0 atom stereocenters. The van der Waals surface area contributed by atoms with Crippen LogP contribution in [0.3, 0.4) is 0 Å². The molecule has 0 spiro atoms. The zero-order valence-corrected chi connectivity index (χ0v) is 15.9. The number of hydrogen-bond donors (Lipinski definition) is 1. The Bertz CT molecular complexity index is 731. The molecule has 0 saturated carbocycles. The van der Waals surface area contributed by atoms with E-state index >= 15 is 0 Å². The summed E-state index contributed by atoms with van der Waals surface area (Å²) < 4.78 is 52.7. The normalized spacial score (nSPS) is 16.8. The van der Waals surface area contributed by atoms with Crippen molar-refractivity contribution in [3.05, 3.63) is 29.8 Å². The number of piperazine rings is 1. The van der Waals surface area contributed by atoms with Gasteiger partial charge < -0.3 is 5.32 Å². The van der Waals surface area contributed by atoms with Crippen molar-refractivity contribution < 1.29 is 22.0 Å². The van der Waals surface area contributed by atoms with Crippen molar-refractivity contribution >= 4 is 15.9 Å². The molecule has 26 heavy (non-hydrogen) atoms. The van der Waals surface area contributed by atoms with Gasteiger partial charge in [0.1, 0.15) is 0 Å². The van der Waals surface area contributed by atoms with Crippen LogP contribution < -0.4 is 5.32 Å². The van der Waals surface area contributed by atoms with Crippen LogP contribution in [-0.4, -0.2) is 62.3 Å². The number of hydrogen-bond acceptors (Lipinski definition) is 4. The fourth-order valence-corrected chi connectivity index (χ4v) is 4.32. The minimum absolute atomic E-state index is 0.0735. The third kappa shape index (κ3) is 4.99. The lowest BCUT2D eigenvalue weighted by Gasteiger charge is -2.33. The lowest BCUT2D eigenvalue weighted by Crippen LogP contribution is -2.51. The minimum atomic E-state index is -3.88. The molecule has 1 aliphatic heterocycles. The molecule has 1 saturated heterocycles. The van der Waals surface area contributed by atoms with Crippen LogP contribution in [0.1, 0.15) is 26.7 Å². The van der Waals surface area contributed by atoms with Gasteiger partial charge in [0.15, 0.2) is 11.6 Å². The molecule has 1 aliphatic rings. The molecule has 1 aromatic rings. The Morgan fingerprint density at radius 3 is 2.27 bits per heavy atom. The molecule has 1 aromatic carbocycles. The van der Waals surface area contributed by atoms with E-state index in [4.69, 9.17) is 0 Å². The zero-order valence-electron chi connectivity index (χ0n) is 15.0. The van der Waals surface area contributed by atoms with E-state index in [9.17, 15) is 22.0 Å². The molecular formula is C17H25F2N3O3S. The van der Waals surface area contributed by atoms with E-state index in [1.54, 1.807) is 0 Å². The van der Waals surface area contributed by atoms with Crippen molar-refractivity contribution in [1.82, 2.24) is 14.5 Å². The molecule has 2 rings (SSSR count). The van der Waals surface area contributed by atoms with Crippen molar-refractivity contribution in [2.45, 2.75) is 37.6 Å². The van der Waals surface area contributed by atoms with Crippen molar-refractivity contribution in [3.8, 4) is 0 Å². The Morgan fingerprint density at radius 2 is 1.73 bits per heavy atom. The molecule has 9 heteroatoms. The first-order chi connectivity index (χ1) is 12.3. The van der Waals surface area contributed by atoms with Gasteiger partial charge in [-0.15, -0.1) is 0 Å². The van der Waals surface area contributed by atoms with Gasteiger partial charge in [-0.1, -0.05) is 13.8 Å². The van der Waals surface area contributed by atoms with Gasteiger partial charge >= 0.3 is 0 Å². The second-order valence-electron chi connectivity index (χ2n) is 6.34. The number of benzene rings is 1. The van der Waals surface area contributed by atoms with E-state index in [2.05, 4.69) is 5.32 Å². The maximum absolute atomic E-state index is 13.3. The molecule has 1 amide bonds. The van der Waals surface area contributed by atoms with Crippen LogP contribution in [0.4, 0.5) is 8.78 Å². The monoisotopic (exact) mass is 389 g/mol. The highest BCUT2D eigenvalue weighted by atomic mass is 32.2. The average molecular weight is 389 g/mol. The standard InChI is InChI=1S/C17H25F2N3O3S/c1-3-13(4-2)20-17(23)12-21-7-9-22(10-8-21)26(24,25)14-5-6-15(18)16(19)11-14/h5-6,11,13H,3-4,7-10,12H2,1-2H3,(H,20,23). The summed E-state index contributed by atoms with van der Waals surface area (Å²) in [6.45, 7) is 5.43. The molecule has 0 aliphatic carbocycles. The first-order valence-electron chi connectivity index (χ1n) is 8.74. The van der Waals surface area contributed by atoms with E-state index in [1.807, 2.05) is 18.7 Å². The van der Waals surface area contributed by atoms with Crippen LogP contribution in [0.5, 0.6) is 0 Å². The highest BCUT2D eigenvalue weighted by Crippen LogP contribution is 2.19. The van der Waals surface area contributed by atoms with Gasteiger partial charge in [0.05, 0.1) is 11.4 Å². The van der Waals surface area contributed by atoms with Crippen molar-refractivity contribution in [2.24, 2.45) is 0 Å². The summed E-state index contributed by atoms with van der Waals surface area (Å²) in [5.41, 5.74) is 0. The van der Waals surface area contributed by atoms with E-state index < -0.39 is 21.7 Å². The van der Waals surface area contributed by atoms with Crippen LogP contribution in [0, 0.1) is 11.6 Å². The number of nitrogens with zero attached hydrogens (tertiary/aromatic N) is 2. The first kappa shape index (κ1) is 20.7. The number of amides is 1. The predicted octanol–water partition coefficient (Wildman–Crippen LogP) is 1.58. The molecular weight excluding hydrogens is 364 g/mol. The number of carbonyl (C=O) groups is 1. The average Bonchev–Trinajstić information content (AvgIpc) is 2.62. The smallest absolute Gasteiger partial charge is 0.243 e. The summed E-state index contributed by atoms with van der Waals surface area (Å²) in [5.74, 6) is -2.35. The largest absolute Gasteiger partial charge is 0.352 e. The molecule has 146 valence electrons. The van der Waals surface area contributed by atoms with Gasteiger partial charge in [-0.25, -0.2) is 17.2 Å². The highest BCUT2D eigenvalue weighted by molar-refractivity contribution is 7.89. The van der Waals surface area contributed by atoms with E-state index in [0.717, 1.165) is 25.0 Å². The molecule has 6 nitrogen and oxygen atoms in total. The van der Waals surface area contributed by atoms with E-state index in [0.29, 0.717) is 19.2 Å².